The highest BCUT2D eigenvalue weighted by molar-refractivity contribution is 7.92. The van der Waals surface area contributed by atoms with Gasteiger partial charge in [0.05, 0.1) is 11.4 Å². The molecule has 1 heterocycles. The second kappa shape index (κ2) is 9.39. The maximum atomic E-state index is 13.7. The van der Waals surface area contributed by atoms with Gasteiger partial charge < -0.3 is 10.2 Å². The minimum Gasteiger partial charge on any atom is -0.371 e. The molecule has 2 aromatic carbocycles. The Labute approximate surface area is 167 Å². The first-order valence-electron chi connectivity index (χ1n) is 9.79. The Morgan fingerprint density at radius 3 is 2.57 bits per heavy atom. The van der Waals surface area contributed by atoms with E-state index in [9.17, 15) is 12.8 Å². The lowest BCUT2D eigenvalue weighted by molar-refractivity contribution is 0.416. The molecule has 7 heteroatoms. The highest BCUT2D eigenvalue weighted by atomic mass is 32.2. The molecular formula is C21H28FN3O2S. The van der Waals surface area contributed by atoms with Gasteiger partial charge in [0.1, 0.15) is 5.82 Å². The number of halogens is 1. The van der Waals surface area contributed by atoms with E-state index in [0.717, 1.165) is 43.7 Å². The lowest BCUT2D eigenvalue weighted by Gasteiger charge is -2.34. The van der Waals surface area contributed by atoms with Gasteiger partial charge in [-0.2, -0.15) is 0 Å². The Kier molecular flexibility index (Phi) is 6.91. The van der Waals surface area contributed by atoms with E-state index >= 15 is 0 Å². The van der Waals surface area contributed by atoms with E-state index in [2.05, 4.69) is 14.9 Å². The minimum absolute atomic E-state index is 0.0567. The third-order valence-electron chi connectivity index (χ3n) is 5.14. The van der Waals surface area contributed by atoms with E-state index in [1.807, 2.05) is 30.3 Å². The Bertz CT molecular complexity index is 881. The topological polar surface area (TPSA) is 61.4 Å². The number of anilines is 2. The first-order chi connectivity index (χ1) is 13.5. The summed E-state index contributed by atoms with van der Waals surface area (Å²) in [5.74, 6) is -0.0843. The summed E-state index contributed by atoms with van der Waals surface area (Å²) in [7, 11) is -3.27. The van der Waals surface area contributed by atoms with Gasteiger partial charge in [0.2, 0.25) is 10.0 Å². The van der Waals surface area contributed by atoms with E-state index in [1.54, 1.807) is 19.1 Å². The second-order valence-corrected chi connectivity index (χ2v) is 9.12. The fraction of sp³-hybridized carbons (Fsp3) is 0.429. The third-order valence-corrected chi connectivity index (χ3v) is 6.45. The normalized spacial score (nSPS) is 15.6. The Hall–Kier alpha value is -2.12. The van der Waals surface area contributed by atoms with Crippen molar-refractivity contribution in [3.05, 3.63) is 59.9 Å². The molecule has 1 aliphatic heterocycles. The van der Waals surface area contributed by atoms with Gasteiger partial charge in [-0.3, -0.25) is 4.72 Å². The molecule has 0 bridgehead atoms. The van der Waals surface area contributed by atoms with Crippen molar-refractivity contribution in [3.8, 4) is 0 Å². The maximum Gasteiger partial charge on any atom is 0.232 e. The van der Waals surface area contributed by atoms with Crippen LogP contribution in [0.5, 0.6) is 0 Å². The first kappa shape index (κ1) is 20.6. The smallest absolute Gasteiger partial charge is 0.232 e. The van der Waals surface area contributed by atoms with Gasteiger partial charge in [-0.05, 0) is 62.6 Å². The molecule has 2 aromatic rings. The number of nitrogens with zero attached hydrogens (tertiary/aromatic N) is 1. The van der Waals surface area contributed by atoms with Crippen molar-refractivity contribution in [2.75, 3.05) is 35.0 Å². The lowest BCUT2D eigenvalue weighted by atomic mass is 10.0. The first-order valence-corrected chi connectivity index (χ1v) is 11.4. The lowest BCUT2D eigenvalue weighted by Crippen LogP contribution is -2.43. The summed E-state index contributed by atoms with van der Waals surface area (Å²) in [6, 6.07) is 14.9. The zero-order chi connectivity index (χ0) is 20.0. The fourth-order valence-corrected chi connectivity index (χ4v) is 4.10. The molecule has 1 fully saturated rings. The van der Waals surface area contributed by atoms with Crippen molar-refractivity contribution in [1.29, 1.82) is 0 Å². The van der Waals surface area contributed by atoms with Crippen molar-refractivity contribution in [1.82, 2.24) is 5.32 Å². The number of nitrogens with one attached hydrogen (secondary N) is 2. The van der Waals surface area contributed by atoms with Gasteiger partial charge in [0, 0.05) is 24.8 Å². The summed E-state index contributed by atoms with van der Waals surface area (Å²) in [4.78, 5) is 2.28. The molecule has 0 spiro atoms. The largest absolute Gasteiger partial charge is 0.371 e. The maximum absolute atomic E-state index is 13.7. The fourth-order valence-electron chi connectivity index (χ4n) is 3.47. The van der Waals surface area contributed by atoms with E-state index in [-0.39, 0.29) is 11.6 Å². The molecule has 0 aromatic heterocycles. The Balaban J connectivity index is 1.48. The van der Waals surface area contributed by atoms with Crippen LogP contribution in [0.4, 0.5) is 15.8 Å². The average Bonchev–Trinajstić information content (AvgIpc) is 2.70. The van der Waals surface area contributed by atoms with Gasteiger partial charge in [-0.25, -0.2) is 12.8 Å². The predicted molar refractivity (Wildman–Crippen MR) is 113 cm³/mol. The van der Waals surface area contributed by atoms with Gasteiger partial charge >= 0.3 is 0 Å². The number of piperidine rings is 1. The van der Waals surface area contributed by atoms with Crippen LogP contribution < -0.4 is 14.9 Å². The van der Waals surface area contributed by atoms with Crippen LogP contribution in [0.3, 0.4) is 0 Å². The van der Waals surface area contributed by atoms with E-state index in [0.29, 0.717) is 18.2 Å². The summed E-state index contributed by atoms with van der Waals surface area (Å²) < 4.78 is 39.8. The van der Waals surface area contributed by atoms with Crippen LogP contribution in [0.2, 0.25) is 0 Å². The molecule has 2 N–H and O–H groups in total. The predicted octanol–water partition coefficient (Wildman–Crippen LogP) is 3.39. The molecule has 0 aliphatic carbocycles. The molecule has 0 amide bonds. The van der Waals surface area contributed by atoms with E-state index in [1.165, 1.54) is 6.07 Å². The standard InChI is InChI=1S/C21H28FN3O2S/c1-2-28(26,27)24-19-7-5-8-20(16-19)25-14-11-18(12-15-25)23-13-10-17-6-3-4-9-21(17)22/h3-9,16,18,23-24H,2,10-15H2,1H3. The molecule has 1 saturated heterocycles. The number of rotatable bonds is 8. The number of hydrogen-bond acceptors (Lipinski definition) is 4. The van der Waals surface area contributed by atoms with Gasteiger partial charge in [-0.15, -0.1) is 0 Å². The van der Waals surface area contributed by atoms with Crippen LogP contribution in [0.15, 0.2) is 48.5 Å². The van der Waals surface area contributed by atoms with Crippen LogP contribution in [0.25, 0.3) is 0 Å². The summed E-state index contributed by atoms with van der Waals surface area (Å²) in [6.07, 6.45) is 2.69. The Morgan fingerprint density at radius 1 is 1.11 bits per heavy atom. The van der Waals surface area contributed by atoms with Crippen LogP contribution in [-0.4, -0.2) is 39.8 Å². The van der Waals surface area contributed by atoms with E-state index < -0.39 is 10.0 Å². The summed E-state index contributed by atoms with van der Waals surface area (Å²) in [5, 5.41) is 3.53. The zero-order valence-electron chi connectivity index (χ0n) is 16.2. The molecule has 0 saturated carbocycles. The molecule has 152 valence electrons. The van der Waals surface area contributed by atoms with Crippen molar-refractivity contribution >= 4 is 21.4 Å². The van der Waals surface area contributed by atoms with Gasteiger partial charge in [0.25, 0.3) is 0 Å². The van der Waals surface area contributed by atoms with Gasteiger partial charge in [0.15, 0.2) is 0 Å². The number of hydrogen-bond donors (Lipinski definition) is 2. The van der Waals surface area contributed by atoms with Crippen LogP contribution >= 0.6 is 0 Å². The van der Waals surface area contributed by atoms with Crippen molar-refractivity contribution < 1.29 is 12.8 Å². The molecule has 0 radical (unpaired) electrons. The molecular weight excluding hydrogens is 377 g/mol. The molecule has 3 rings (SSSR count). The Morgan fingerprint density at radius 2 is 1.86 bits per heavy atom. The van der Waals surface area contributed by atoms with Crippen molar-refractivity contribution in [2.45, 2.75) is 32.2 Å². The molecule has 5 nitrogen and oxygen atoms in total. The molecule has 0 unspecified atom stereocenters. The minimum atomic E-state index is -3.27. The quantitative estimate of drug-likeness (QED) is 0.707. The number of sulfonamides is 1. The SMILES string of the molecule is CCS(=O)(=O)Nc1cccc(N2CCC(NCCc3ccccc3F)CC2)c1. The number of benzene rings is 2. The van der Waals surface area contributed by atoms with Crippen molar-refractivity contribution in [3.63, 3.8) is 0 Å². The molecule has 0 atom stereocenters. The summed E-state index contributed by atoms with van der Waals surface area (Å²) >= 11 is 0. The molecule has 28 heavy (non-hydrogen) atoms. The second-order valence-electron chi connectivity index (χ2n) is 7.11. The average molecular weight is 406 g/mol. The van der Waals surface area contributed by atoms with Crippen LogP contribution in [-0.2, 0) is 16.4 Å². The van der Waals surface area contributed by atoms with Crippen molar-refractivity contribution in [2.24, 2.45) is 0 Å². The molecule has 1 aliphatic rings. The summed E-state index contributed by atoms with van der Waals surface area (Å²) in [6.45, 7) is 4.19. The van der Waals surface area contributed by atoms with Gasteiger partial charge in [-0.1, -0.05) is 24.3 Å². The summed E-state index contributed by atoms with van der Waals surface area (Å²) in [5.41, 5.74) is 2.38. The van der Waals surface area contributed by atoms with Crippen LogP contribution in [0, 0.1) is 5.82 Å². The highest BCUT2D eigenvalue weighted by Gasteiger charge is 2.19. The monoisotopic (exact) mass is 405 g/mol. The van der Waals surface area contributed by atoms with E-state index in [4.69, 9.17) is 0 Å². The zero-order valence-corrected chi connectivity index (χ0v) is 17.0. The van der Waals surface area contributed by atoms with Crippen LogP contribution in [0.1, 0.15) is 25.3 Å². The third kappa shape index (κ3) is 5.69. The highest BCUT2D eigenvalue weighted by Crippen LogP contribution is 2.24.